The van der Waals surface area contributed by atoms with Crippen LogP contribution >= 0.6 is 0 Å². The molecule has 2 heterocycles. The van der Waals surface area contributed by atoms with Crippen LogP contribution in [-0.4, -0.2) is 16.1 Å². The number of aromatic carboxylic acids is 1. The Hall–Kier alpha value is -2.17. The Bertz CT molecular complexity index is 600. The lowest BCUT2D eigenvalue weighted by molar-refractivity contribution is 0.0693. The van der Waals surface area contributed by atoms with Gasteiger partial charge in [-0.2, -0.15) is 0 Å². The minimum absolute atomic E-state index is 0.157. The van der Waals surface area contributed by atoms with Crippen LogP contribution in [0.4, 0.5) is 0 Å². The minimum Gasteiger partial charge on any atom is -0.477 e. The number of hydrogen-bond acceptors (Lipinski definition) is 4. The number of carbonyl (C=O) groups is 1. The fourth-order valence-electron chi connectivity index (χ4n) is 1.26. The third-order valence-electron chi connectivity index (χ3n) is 2.01. The summed E-state index contributed by atoms with van der Waals surface area (Å²) in [4.78, 5) is 26.2. The van der Waals surface area contributed by atoms with Crippen molar-refractivity contribution in [3.63, 3.8) is 0 Å². The van der Waals surface area contributed by atoms with E-state index in [2.05, 4.69) is 4.98 Å². The first-order valence-corrected chi connectivity index (χ1v) is 4.22. The lowest BCUT2D eigenvalue weighted by Crippen LogP contribution is -2.14. The average Bonchev–Trinajstić information content (AvgIpc) is 2.17. The monoisotopic (exact) mass is 205 g/mol. The molecule has 1 N–H and O–H groups in total. The normalized spacial score (nSPS) is 10.5. The van der Waals surface area contributed by atoms with Gasteiger partial charge in [0.15, 0.2) is 0 Å². The van der Waals surface area contributed by atoms with Crippen LogP contribution in [-0.2, 0) is 0 Å². The maximum absolute atomic E-state index is 11.6. The Balaban J connectivity index is 2.86. The number of carboxylic acid groups (broad SMARTS) is 1. The predicted octanol–water partition coefficient (Wildman–Crippen LogP) is 1.19. The molecular weight excluding hydrogens is 198 g/mol. The molecule has 0 aliphatic rings. The first kappa shape index (κ1) is 9.39. The molecule has 5 nitrogen and oxygen atoms in total. The van der Waals surface area contributed by atoms with E-state index in [1.54, 1.807) is 13.0 Å². The van der Waals surface area contributed by atoms with E-state index in [1.165, 1.54) is 6.07 Å². The molecule has 0 aliphatic heterocycles. The lowest BCUT2D eigenvalue weighted by Gasteiger charge is -1.98. The van der Waals surface area contributed by atoms with Gasteiger partial charge in [-0.05, 0) is 19.1 Å². The van der Waals surface area contributed by atoms with Gasteiger partial charge in [0.2, 0.25) is 11.1 Å². The van der Waals surface area contributed by atoms with E-state index in [0.29, 0.717) is 5.69 Å². The molecule has 2 rings (SSSR count). The minimum atomic E-state index is -1.30. The number of fused-ring (bicyclic) bond motifs is 1. The number of rotatable bonds is 1. The van der Waals surface area contributed by atoms with Crippen molar-refractivity contribution < 1.29 is 14.3 Å². The van der Waals surface area contributed by atoms with Crippen molar-refractivity contribution in [3.8, 4) is 0 Å². The second-order valence-corrected chi connectivity index (χ2v) is 3.09. The van der Waals surface area contributed by atoms with Gasteiger partial charge in [-0.25, -0.2) is 9.78 Å². The molecule has 0 aliphatic carbocycles. The molecule has 0 aromatic carbocycles. The van der Waals surface area contributed by atoms with Crippen molar-refractivity contribution in [1.29, 1.82) is 0 Å². The topological polar surface area (TPSA) is 80.4 Å². The van der Waals surface area contributed by atoms with E-state index in [1.807, 2.05) is 0 Å². The van der Waals surface area contributed by atoms with E-state index < -0.39 is 11.4 Å². The van der Waals surface area contributed by atoms with Gasteiger partial charge in [0.25, 0.3) is 0 Å². The fourth-order valence-corrected chi connectivity index (χ4v) is 1.26. The molecular formula is C10H7NO4. The lowest BCUT2D eigenvalue weighted by atomic mass is 10.2. The van der Waals surface area contributed by atoms with E-state index in [-0.39, 0.29) is 16.7 Å². The summed E-state index contributed by atoms with van der Waals surface area (Å²) in [5, 5.41) is 8.88. The van der Waals surface area contributed by atoms with Crippen molar-refractivity contribution in [1.82, 2.24) is 4.98 Å². The molecule has 2 aromatic rings. The molecule has 0 bridgehead atoms. The molecule has 0 atom stereocenters. The third-order valence-corrected chi connectivity index (χ3v) is 2.01. The molecule has 0 spiro atoms. The SMILES string of the molecule is Cc1ccc2c(=O)c(C(=O)O)coc2n1. The van der Waals surface area contributed by atoms with Crippen molar-refractivity contribution in [2.75, 3.05) is 0 Å². The molecule has 0 saturated carbocycles. The largest absolute Gasteiger partial charge is 0.477 e. The van der Waals surface area contributed by atoms with Gasteiger partial charge in [-0.3, -0.25) is 4.79 Å². The van der Waals surface area contributed by atoms with E-state index >= 15 is 0 Å². The van der Waals surface area contributed by atoms with Crippen molar-refractivity contribution >= 4 is 17.1 Å². The second kappa shape index (κ2) is 3.20. The van der Waals surface area contributed by atoms with Crippen molar-refractivity contribution in [2.45, 2.75) is 6.92 Å². The highest BCUT2D eigenvalue weighted by atomic mass is 16.4. The van der Waals surface area contributed by atoms with Crippen molar-refractivity contribution in [3.05, 3.63) is 39.9 Å². The van der Waals surface area contributed by atoms with Crippen LogP contribution in [0.15, 0.2) is 27.6 Å². The summed E-state index contributed by atoms with van der Waals surface area (Å²) < 4.78 is 4.97. The van der Waals surface area contributed by atoms with E-state index in [4.69, 9.17) is 9.52 Å². The van der Waals surface area contributed by atoms with Crippen LogP contribution in [0, 0.1) is 6.92 Å². The Labute approximate surface area is 84.0 Å². The quantitative estimate of drug-likeness (QED) is 0.756. The molecule has 15 heavy (non-hydrogen) atoms. The summed E-state index contributed by atoms with van der Waals surface area (Å²) in [5.74, 6) is -1.30. The average molecular weight is 205 g/mol. The number of pyridine rings is 1. The van der Waals surface area contributed by atoms with Crippen LogP contribution in [0.5, 0.6) is 0 Å². The van der Waals surface area contributed by atoms with Gasteiger partial charge in [0.1, 0.15) is 11.8 Å². The molecule has 5 heteroatoms. The first-order chi connectivity index (χ1) is 7.09. The van der Waals surface area contributed by atoms with Crippen LogP contribution in [0.3, 0.4) is 0 Å². The Kier molecular flexibility index (Phi) is 2.00. The summed E-state index contributed by atoms with van der Waals surface area (Å²) in [7, 11) is 0. The maximum Gasteiger partial charge on any atom is 0.342 e. The molecule has 0 radical (unpaired) electrons. The molecule has 0 unspecified atom stereocenters. The molecule has 0 saturated heterocycles. The third kappa shape index (κ3) is 1.48. The smallest absolute Gasteiger partial charge is 0.342 e. The highest BCUT2D eigenvalue weighted by molar-refractivity contribution is 5.90. The number of carboxylic acids is 1. The second-order valence-electron chi connectivity index (χ2n) is 3.09. The zero-order valence-corrected chi connectivity index (χ0v) is 7.85. The Morgan fingerprint density at radius 2 is 2.20 bits per heavy atom. The summed E-state index contributed by atoms with van der Waals surface area (Å²) >= 11 is 0. The van der Waals surface area contributed by atoms with Crippen molar-refractivity contribution in [2.24, 2.45) is 0 Å². The number of nitrogens with zero attached hydrogens (tertiary/aromatic N) is 1. The van der Waals surface area contributed by atoms with Gasteiger partial charge in [-0.1, -0.05) is 0 Å². The van der Waals surface area contributed by atoms with E-state index in [0.717, 1.165) is 6.26 Å². The van der Waals surface area contributed by atoms with Gasteiger partial charge in [0.05, 0.1) is 5.39 Å². The Morgan fingerprint density at radius 3 is 2.87 bits per heavy atom. The number of aryl methyl sites for hydroxylation is 1. The van der Waals surface area contributed by atoms with Crippen LogP contribution in [0.2, 0.25) is 0 Å². The van der Waals surface area contributed by atoms with Crippen LogP contribution < -0.4 is 5.43 Å². The Morgan fingerprint density at radius 1 is 1.47 bits per heavy atom. The van der Waals surface area contributed by atoms with Gasteiger partial charge < -0.3 is 9.52 Å². The zero-order valence-electron chi connectivity index (χ0n) is 7.85. The number of hydrogen-bond donors (Lipinski definition) is 1. The van der Waals surface area contributed by atoms with E-state index in [9.17, 15) is 9.59 Å². The number of aromatic nitrogens is 1. The maximum atomic E-state index is 11.6. The highest BCUT2D eigenvalue weighted by Gasteiger charge is 2.13. The van der Waals surface area contributed by atoms with Crippen LogP contribution in [0.1, 0.15) is 16.1 Å². The van der Waals surface area contributed by atoms with Gasteiger partial charge in [-0.15, -0.1) is 0 Å². The van der Waals surface area contributed by atoms with Gasteiger partial charge >= 0.3 is 5.97 Å². The summed E-state index contributed by atoms with van der Waals surface area (Å²) in [6.07, 6.45) is 0.916. The first-order valence-electron chi connectivity index (χ1n) is 4.22. The molecule has 76 valence electrons. The standard InChI is InChI=1S/C10H7NO4/c1-5-2-3-6-8(12)7(10(13)14)4-15-9(6)11-5/h2-4H,1H3,(H,13,14). The van der Waals surface area contributed by atoms with Gasteiger partial charge in [0, 0.05) is 5.69 Å². The summed E-state index contributed by atoms with van der Waals surface area (Å²) in [6.45, 7) is 1.75. The van der Waals surface area contributed by atoms with Crippen LogP contribution in [0.25, 0.3) is 11.1 Å². The molecule has 0 fully saturated rings. The zero-order chi connectivity index (χ0) is 11.0. The summed E-state index contributed by atoms with van der Waals surface area (Å²) in [5.41, 5.74) is -0.0943. The fraction of sp³-hybridized carbons (Fsp3) is 0.100. The summed E-state index contributed by atoms with van der Waals surface area (Å²) in [6, 6.07) is 3.14. The molecule has 2 aromatic heterocycles. The molecule has 0 amide bonds. The highest BCUT2D eigenvalue weighted by Crippen LogP contribution is 2.09. The predicted molar refractivity (Wildman–Crippen MR) is 52.0 cm³/mol.